The summed E-state index contributed by atoms with van der Waals surface area (Å²) in [6.07, 6.45) is 10.3. The number of hydrogen-bond donors (Lipinski definition) is 1. The molecule has 0 saturated heterocycles. The maximum Gasteiger partial charge on any atom is 0.407 e. The molecule has 43 heavy (non-hydrogen) atoms. The molecule has 3 aromatic rings. The fourth-order valence-electron chi connectivity index (χ4n) is 6.40. The average molecular weight is 590 g/mol. The number of aromatic nitrogens is 3. The van der Waals surface area contributed by atoms with E-state index >= 15 is 0 Å². The van der Waals surface area contributed by atoms with Crippen molar-refractivity contribution in [3.05, 3.63) is 54.0 Å². The Morgan fingerprint density at radius 3 is 2.47 bits per heavy atom. The van der Waals surface area contributed by atoms with Crippen LogP contribution in [0.5, 0.6) is 5.75 Å². The Balaban J connectivity index is 1.31. The zero-order chi connectivity index (χ0) is 30.3. The van der Waals surface area contributed by atoms with Crippen LogP contribution in [0, 0.1) is 18.8 Å². The number of alkyl carbamates (subject to hydrolysis) is 1. The predicted octanol–water partition coefficient (Wildman–Crippen LogP) is 6.23. The van der Waals surface area contributed by atoms with Crippen LogP contribution >= 0.6 is 0 Å². The second-order valence-electron chi connectivity index (χ2n) is 11.7. The lowest BCUT2D eigenvalue weighted by molar-refractivity contribution is -0.124. The fraction of sp³-hybridized carbons (Fsp3) is 0.545. The van der Waals surface area contributed by atoms with E-state index in [0.29, 0.717) is 62.2 Å². The van der Waals surface area contributed by atoms with Gasteiger partial charge in [0.05, 0.1) is 12.8 Å². The minimum atomic E-state index is -0.424. The highest BCUT2D eigenvalue weighted by Crippen LogP contribution is 2.38. The number of hydrogen-bond acceptors (Lipinski definition) is 8. The van der Waals surface area contributed by atoms with Crippen molar-refractivity contribution in [1.82, 2.24) is 20.3 Å². The van der Waals surface area contributed by atoms with Crippen LogP contribution in [-0.2, 0) is 16.0 Å². The molecule has 2 amide bonds. The van der Waals surface area contributed by atoms with E-state index in [-0.39, 0.29) is 17.9 Å². The summed E-state index contributed by atoms with van der Waals surface area (Å²) in [6.45, 7) is 4.60. The monoisotopic (exact) mass is 589 g/mol. The van der Waals surface area contributed by atoms with E-state index in [1.807, 2.05) is 36.9 Å². The number of anilines is 1. The van der Waals surface area contributed by atoms with Gasteiger partial charge in [-0.15, -0.1) is 0 Å². The molecule has 0 aliphatic heterocycles. The van der Waals surface area contributed by atoms with E-state index in [2.05, 4.69) is 21.4 Å². The van der Waals surface area contributed by atoms with E-state index < -0.39 is 6.09 Å². The molecule has 2 saturated carbocycles. The molecule has 0 unspecified atom stereocenters. The fourth-order valence-corrected chi connectivity index (χ4v) is 6.40. The zero-order valence-corrected chi connectivity index (χ0v) is 25.7. The van der Waals surface area contributed by atoms with Gasteiger partial charge in [0.2, 0.25) is 5.91 Å². The molecule has 0 spiro atoms. The van der Waals surface area contributed by atoms with Gasteiger partial charge < -0.3 is 19.2 Å². The van der Waals surface area contributed by atoms with Crippen LogP contribution in [0.3, 0.4) is 0 Å². The number of methoxy groups -OCH3 is 1. The topological polar surface area (TPSA) is 120 Å². The maximum atomic E-state index is 14.1. The van der Waals surface area contributed by atoms with Crippen molar-refractivity contribution in [2.45, 2.75) is 83.7 Å². The number of nitrogens with zero attached hydrogens (tertiary/aromatic N) is 4. The molecule has 0 aromatic carbocycles. The first-order valence-electron chi connectivity index (χ1n) is 15.5. The highest BCUT2D eigenvalue weighted by atomic mass is 16.6. The van der Waals surface area contributed by atoms with Crippen LogP contribution in [0.25, 0.3) is 11.3 Å². The quantitative estimate of drug-likeness (QED) is 0.312. The number of ether oxygens (including phenoxy) is 2. The predicted molar refractivity (Wildman–Crippen MR) is 163 cm³/mol. The zero-order valence-electron chi connectivity index (χ0n) is 25.7. The van der Waals surface area contributed by atoms with Crippen LogP contribution in [0.4, 0.5) is 10.6 Å². The van der Waals surface area contributed by atoms with Crippen LogP contribution in [0.2, 0.25) is 0 Å². The van der Waals surface area contributed by atoms with Crippen molar-refractivity contribution in [2.75, 3.05) is 25.6 Å². The molecular formula is C33H43N5O5. The summed E-state index contributed by atoms with van der Waals surface area (Å²) < 4.78 is 16.4. The molecule has 10 nitrogen and oxygen atoms in total. The Morgan fingerprint density at radius 1 is 1.05 bits per heavy atom. The minimum Gasteiger partial charge on any atom is -0.495 e. The average Bonchev–Trinajstić information content (AvgIpc) is 3.54. The van der Waals surface area contributed by atoms with Gasteiger partial charge in [-0.05, 0) is 88.5 Å². The van der Waals surface area contributed by atoms with Crippen molar-refractivity contribution in [3.8, 4) is 17.0 Å². The molecule has 0 bridgehead atoms. The number of pyridine rings is 2. The Bertz CT molecular complexity index is 1390. The lowest BCUT2D eigenvalue weighted by Crippen LogP contribution is -2.42. The number of oxazole rings is 1. The van der Waals surface area contributed by atoms with Gasteiger partial charge in [-0.3, -0.25) is 14.7 Å². The van der Waals surface area contributed by atoms with Crippen LogP contribution < -0.4 is 15.0 Å². The van der Waals surface area contributed by atoms with Gasteiger partial charge in [0.25, 0.3) is 0 Å². The maximum absolute atomic E-state index is 14.1. The van der Waals surface area contributed by atoms with Gasteiger partial charge in [-0.25, -0.2) is 14.8 Å². The van der Waals surface area contributed by atoms with E-state index in [1.54, 1.807) is 26.6 Å². The Kier molecular flexibility index (Phi) is 9.94. The molecular weight excluding hydrogens is 546 g/mol. The molecule has 2 fully saturated rings. The highest BCUT2D eigenvalue weighted by molar-refractivity contribution is 5.94. The number of carbonyl (C=O) groups excluding carboxylic acids is 2. The van der Waals surface area contributed by atoms with Crippen LogP contribution in [0.15, 0.2) is 41.1 Å². The summed E-state index contributed by atoms with van der Waals surface area (Å²) in [4.78, 5) is 41.8. The summed E-state index contributed by atoms with van der Waals surface area (Å²) in [5, 5.41) is 2.51. The minimum absolute atomic E-state index is 0.0898. The number of amides is 2. The van der Waals surface area contributed by atoms with Crippen molar-refractivity contribution >= 4 is 17.8 Å². The Morgan fingerprint density at radius 2 is 1.81 bits per heavy atom. The van der Waals surface area contributed by atoms with Crippen molar-refractivity contribution in [3.63, 3.8) is 0 Å². The van der Waals surface area contributed by atoms with Gasteiger partial charge in [-0.2, -0.15) is 0 Å². The molecule has 10 heteroatoms. The number of nitrogens with one attached hydrogen (secondary N) is 1. The molecule has 1 N–H and O–H groups in total. The Labute approximate surface area is 253 Å². The van der Waals surface area contributed by atoms with Crippen LogP contribution in [-0.4, -0.2) is 53.8 Å². The molecule has 3 aromatic heterocycles. The number of rotatable bonds is 9. The number of aryl methyl sites for hydroxylation is 2. The van der Waals surface area contributed by atoms with Gasteiger partial charge in [-0.1, -0.05) is 6.92 Å². The molecule has 230 valence electrons. The molecule has 5 rings (SSSR count). The summed E-state index contributed by atoms with van der Waals surface area (Å²) in [6, 6.07) is 7.95. The molecule has 2 aliphatic rings. The number of carbonyl (C=O) groups is 2. The second kappa shape index (κ2) is 14.0. The van der Waals surface area contributed by atoms with Gasteiger partial charge in [0.1, 0.15) is 29.6 Å². The third kappa shape index (κ3) is 7.35. The first-order valence-corrected chi connectivity index (χ1v) is 15.5. The lowest BCUT2D eigenvalue weighted by atomic mass is 9.79. The molecule has 3 heterocycles. The SMILES string of the molecule is CCc1nc(-c2ccnc(N(CC3CCC(c4ccc(OC)c(C)n4)CC3)C(=O)C3CCC(OC(=O)NC)CC3)c2)co1. The highest BCUT2D eigenvalue weighted by Gasteiger charge is 2.34. The molecule has 0 radical (unpaired) electrons. The van der Waals surface area contributed by atoms with Crippen LogP contribution in [0.1, 0.15) is 81.5 Å². The van der Waals surface area contributed by atoms with Gasteiger partial charge >= 0.3 is 6.09 Å². The summed E-state index contributed by atoms with van der Waals surface area (Å²) in [7, 11) is 3.23. The van der Waals surface area contributed by atoms with Gasteiger partial charge in [0, 0.05) is 49.3 Å². The normalized spacial score (nSPS) is 22.0. The van der Waals surface area contributed by atoms with E-state index in [1.165, 1.54) is 0 Å². The largest absolute Gasteiger partial charge is 0.495 e. The van der Waals surface area contributed by atoms with Crippen molar-refractivity contribution < 1.29 is 23.5 Å². The van der Waals surface area contributed by atoms with Gasteiger partial charge in [0.15, 0.2) is 5.89 Å². The standard InChI is InChI=1S/C33H43N5O5/c1-5-31-37-28(20-42-31)25-16-17-35-30(18-25)38(32(39)24-10-12-26(13-11-24)43-33(40)34-3)19-22-6-8-23(9-7-22)27-14-15-29(41-4)21(2)36-27/h14-18,20,22-24,26H,5-13,19H2,1-4H3,(H,34,40). The van der Waals surface area contributed by atoms with E-state index in [9.17, 15) is 9.59 Å². The first kappa shape index (κ1) is 30.5. The summed E-state index contributed by atoms with van der Waals surface area (Å²) in [5.41, 5.74) is 3.65. The molecule has 0 atom stereocenters. The first-order chi connectivity index (χ1) is 20.9. The molecule has 2 aliphatic carbocycles. The third-order valence-corrected chi connectivity index (χ3v) is 8.92. The second-order valence-corrected chi connectivity index (χ2v) is 11.7. The summed E-state index contributed by atoms with van der Waals surface area (Å²) in [5.74, 6) is 2.84. The van der Waals surface area contributed by atoms with Crippen molar-refractivity contribution in [1.29, 1.82) is 0 Å². The van der Waals surface area contributed by atoms with E-state index in [0.717, 1.165) is 54.1 Å². The Hall–Kier alpha value is -3.95. The van der Waals surface area contributed by atoms with E-state index in [4.69, 9.17) is 18.9 Å². The van der Waals surface area contributed by atoms with Crippen molar-refractivity contribution in [2.24, 2.45) is 11.8 Å². The summed E-state index contributed by atoms with van der Waals surface area (Å²) >= 11 is 0. The smallest absolute Gasteiger partial charge is 0.407 e. The third-order valence-electron chi connectivity index (χ3n) is 8.92. The lowest BCUT2D eigenvalue weighted by Gasteiger charge is -2.35.